The quantitative estimate of drug-likeness (QED) is 0.784. The van der Waals surface area contributed by atoms with Gasteiger partial charge in [-0.25, -0.2) is 0 Å². The first-order valence-electron chi connectivity index (χ1n) is 9.62. The lowest BCUT2D eigenvalue weighted by molar-refractivity contribution is -0.121. The van der Waals surface area contributed by atoms with Crippen LogP contribution < -0.4 is 5.32 Å². The molecule has 0 radical (unpaired) electrons. The number of nitrogens with one attached hydrogen (secondary N) is 1. The van der Waals surface area contributed by atoms with E-state index in [1.165, 1.54) is 53.5 Å². The predicted molar refractivity (Wildman–Crippen MR) is 104 cm³/mol. The van der Waals surface area contributed by atoms with Crippen molar-refractivity contribution in [2.45, 2.75) is 64.8 Å². The average molecular weight is 335 g/mol. The smallest absolute Gasteiger partial charge is 0.220 e. The van der Waals surface area contributed by atoms with Crippen LogP contribution >= 0.6 is 0 Å². The Kier molecular flexibility index (Phi) is 5.91. The van der Waals surface area contributed by atoms with Gasteiger partial charge >= 0.3 is 0 Å². The minimum Gasteiger partial charge on any atom is -0.349 e. The molecule has 1 aliphatic rings. The van der Waals surface area contributed by atoms with E-state index in [4.69, 9.17) is 0 Å². The lowest BCUT2D eigenvalue weighted by atomic mass is 9.89. The van der Waals surface area contributed by atoms with Gasteiger partial charge in [0.1, 0.15) is 0 Å². The number of amides is 1. The number of rotatable bonds is 6. The molecular formula is C23H29NO. The number of hydrogen-bond acceptors (Lipinski definition) is 1. The van der Waals surface area contributed by atoms with E-state index in [1.807, 2.05) is 0 Å². The fourth-order valence-corrected chi connectivity index (χ4v) is 3.67. The van der Waals surface area contributed by atoms with Crippen molar-refractivity contribution in [1.82, 2.24) is 5.32 Å². The molecule has 2 aromatic carbocycles. The largest absolute Gasteiger partial charge is 0.349 e. The van der Waals surface area contributed by atoms with Crippen molar-refractivity contribution in [3.8, 4) is 0 Å². The van der Waals surface area contributed by atoms with Gasteiger partial charge in [-0.1, -0.05) is 55.0 Å². The molecule has 0 spiro atoms. The highest BCUT2D eigenvalue weighted by Gasteiger charge is 2.16. The van der Waals surface area contributed by atoms with Gasteiger partial charge in [-0.15, -0.1) is 0 Å². The molecule has 132 valence electrons. The summed E-state index contributed by atoms with van der Waals surface area (Å²) in [5.41, 5.74) is 6.72. The zero-order valence-electron chi connectivity index (χ0n) is 15.5. The molecular weight excluding hydrogens is 306 g/mol. The van der Waals surface area contributed by atoms with Gasteiger partial charge in [0.25, 0.3) is 0 Å². The minimum absolute atomic E-state index is 0.123. The van der Waals surface area contributed by atoms with Gasteiger partial charge in [0.15, 0.2) is 0 Å². The van der Waals surface area contributed by atoms with Crippen LogP contribution in [0.2, 0.25) is 0 Å². The summed E-state index contributed by atoms with van der Waals surface area (Å²) < 4.78 is 0. The molecule has 2 heteroatoms. The molecule has 1 aliphatic carbocycles. The Morgan fingerprint density at radius 3 is 2.48 bits per heavy atom. The van der Waals surface area contributed by atoms with E-state index in [1.54, 1.807) is 0 Å². The Morgan fingerprint density at radius 2 is 1.76 bits per heavy atom. The number of fused-ring (bicyclic) bond motifs is 1. The molecule has 0 heterocycles. The molecule has 0 aliphatic heterocycles. The van der Waals surface area contributed by atoms with E-state index in [0.717, 1.165) is 12.8 Å². The standard InChI is InChI=1S/C23H29NO/c1-3-22(21-14-13-19-6-4-5-7-20(19)16-21)24-23(25)15-12-18-10-8-17(2)9-11-18/h8-11,13-14,16,22H,3-7,12,15H2,1-2H3,(H,24,25). The van der Waals surface area contributed by atoms with Crippen LogP contribution in [0.5, 0.6) is 0 Å². The summed E-state index contributed by atoms with van der Waals surface area (Å²) in [6, 6.07) is 15.4. The first kappa shape index (κ1) is 17.7. The van der Waals surface area contributed by atoms with Crippen molar-refractivity contribution < 1.29 is 4.79 Å². The summed E-state index contributed by atoms with van der Waals surface area (Å²) in [5.74, 6) is 0.144. The van der Waals surface area contributed by atoms with E-state index in [2.05, 4.69) is 61.6 Å². The summed E-state index contributed by atoms with van der Waals surface area (Å²) in [6.45, 7) is 4.23. The third kappa shape index (κ3) is 4.72. The number of benzene rings is 2. The van der Waals surface area contributed by atoms with Gasteiger partial charge < -0.3 is 5.32 Å². The topological polar surface area (TPSA) is 29.1 Å². The number of hydrogen-bond donors (Lipinski definition) is 1. The summed E-state index contributed by atoms with van der Waals surface area (Å²) >= 11 is 0. The van der Waals surface area contributed by atoms with Crippen LogP contribution in [0, 0.1) is 6.92 Å². The maximum Gasteiger partial charge on any atom is 0.220 e. The van der Waals surface area contributed by atoms with E-state index in [0.29, 0.717) is 6.42 Å². The van der Waals surface area contributed by atoms with Crippen molar-refractivity contribution in [1.29, 1.82) is 0 Å². The predicted octanol–water partition coefficient (Wildman–Crippen LogP) is 5.07. The molecule has 2 aromatic rings. The van der Waals surface area contributed by atoms with Crippen LogP contribution in [-0.2, 0) is 24.1 Å². The van der Waals surface area contributed by atoms with Crippen molar-refractivity contribution in [2.24, 2.45) is 0 Å². The normalized spacial score (nSPS) is 14.6. The Labute approximate surface area is 151 Å². The van der Waals surface area contributed by atoms with Crippen LogP contribution in [-0.4, -0.2) is 5.91 Å². The fourth-order valence-electron chi connectivity index (χ4n) is 3.67. The second-order valence-corrected chi connectivity index (χ2v) is 7.25. The summed E-state index contributed by atoms with van der Waals surface area (Å²) in [6.07, 6.45) is 7.25. The van der Waals surface area contributed by atoms with E-state index in [9.17, 15) is 4.79 Å². The van der Waals surface area contributed by atoms with Crippen molar-refractivity contribution in [3.05, 3.63) is 70.3 Å². The maximum atomic E-state index is 12.4. The summed E-state index contributed by atoms with van der Waals surface area (Å²) in [4.78, 5) is 12.4. The Bertz CT molecular complexity index is 717. The highest BCUT2D eigenvalue weighted by molar-refractivity contribution is 5.76. The third-order valence-electron chi connectivity index (χ3n) is 5.28. The second kappa shape index (κ2) is 8.33. The highest BCUT2D eigenvalue weighted by atomic mass is 16.1. The summed E-state index contributed by atoms with van der Waals surface area (Å²) in [5, 5.41) is 3.23. The van der Waals surface area contributed by atoms with Crippen LogP contribution in [0.4, 0.5) is 0 Å². The van der Waals surface area contributed by atoms with Gasteiger partial charge in [-0.05, 0) is 67.7 Å². The Morgan fingerprint density at radius 1 is 1.04 bits per heavy atom. The molecule has 0 bridgehead atoms. The van der Waals surface area contributed by atoms with Crippen molar-refractivity contribution in [2.75, 3.05) is 0 Å². The molecule has 1 amide bonds. The zero-order chi connectivity index (χ0) is 17.6. The number of carbonyl (C=O) groups is 1. The van der Waals surface area contributed by atoms with Gasteiger partial charge in [-0.3, -0.25) is 4.79 Å². The first-order valence-corrected chi connectivity index (χ1v) is 9.62. The SMILES string of the molecule is CCC(NC(=O)CCc1ccc(C)cc1)c1ccc2c(c1)CCCC2. The third-order valence-corrected chi connectivity index (χ3v) is 5.28. The van der Waals surface area contributed by atoms with E-state index < -0.39 is 0 Å². The Hall–Kier alpha value is -2.09. The molecule has 1 atom stereocenters. The van der Waals surface area contributed by atoms with Crippen LogP contribution in [0.3, 0.4) is 0 Å². The molecule has 2 nitrogen and oxygen atoms in total. The van der Waals surface area contributed by atoms with Crippen LogP contribution in [0.1, 0.15) is 66.5 Å². The summed E-state index contributed by atoms with van der Waals surface area (Å²) in [7, 11) is 0. The fraction of sp³-hybridized carbons (Fsp3) is 0.435. The lowest BCUT2D eigenvalue weighted by Gasteiger charge is -2.21. The molecule has 1 N–H and O–H groups in total. The number of aryl methyl sites for hydroxylation is 4. The van der Waals surface area contributed by atoms with Crippen LogP contribution in [0.25, 0.3) is 0 Å². The van der Waals surface area contributed by atoms with E-state index >= 15 is 0 Å². The molecule has 0 saturated carbocycles. The van der Waals surface area contributed by atoms with E-state index in [-0.39, 0.29) is 11.9 Å². The van der Waals surface area contributed by atoms with Crippen molar-refractivity contribution >= 4 is 5.91 Å². The maximum absolute atomic E-state index is 12.4. The molecule has 0 fully saturated rings. The molecule has 1 unspecified atom stereocenters. The van der Waals surface area contributed by atoms with Gasteiger partial charge in [-0.2, -0.15) is 0 Å². The van der Waals surface area contributed by atoms with Gasteiger partial charge in [0, 0.05) is 6.42 Å². The average Bonchev–Trinajstić information content (AvgIpc) is 2.65. The van der Waals surface area contributed by atoms with Crippen molar-refractivity contribution in [3.63, 3.8) is 0 Å². The minimum atomic E-state index is 0.123. The lowest BCUT2D eigenvalue weighted by Crippen LogP contribution is -2.28. The Balaban J connectivity index is 1.59. The molecule has 0 aromatic heterocycles. The zero-order valence-corrected chi connectivity index (χ0v) is 15.5. The second-order valence-electron chi connectivity index (χ2n) is 7.25. The van der Waals surface area contributed by atoms with Crippen LogP contribution in [0.15, 0.2) is 42.5 Å². The van der Waals surface area contributed by atoms with Gasteiger partial charge in [0.2, 0.25) is 5.91 Å². The highest BCUT2D eigenvalue weighted by Crippen LogP contribution is 2.26. The molecule has 3 rings (SSSR count). The monoisotopic (exact) mass is 335 g/mol. The first-order chi connectivity index (χ1) is 12.2. The van der Waals surface area contributed by atoms with Gasteiger partial charge in [0.05, 0.1) is 6.04 Å². The number of carbonyl (C=O) groups excluding carboxylic acids is 1. The molecule has 0 saturated heterocycles. The molecule has 25 heavy (non-hydrogen) atoms.